The van der Waals surface area contributed by atoms with Gasteiger partial charge in [-0.1, -0.05) is 42.5 Å². The van der Waals surface area contributed by atoms with Gasteiger partial charge in [-0.05, 0) is 36.1 Å². The lowest BCUT2D eigenvalue weighted by atomic mass is 10.1. The maximum Gasteiger partial charge on any atom is 0.227 e. The van der Waals surface area contributed by atoms with Crippen molar-refractivity contribution in [3.63, 3.8) is 0 Å². The summed E-state index contributed by atoms with van der Waals surface area (Å²) in [4.78, 5) is 28.5. The van der Waals surface area contributed by atoms with Gasteiger partial charge in [0.25, 0.3) is 0 Å². The zero-order chi connectivity index (χ0) is 19.3. The first-order valence-electron chi connectivity index (χ1n) is 10.1. The summed E-state index contributed by atoms with van der Waals surface area (Å²) in [6.07, 6.45) is 2.93. The van der Waals surface area contributed by atoms with Gasteiger partial charge in [0.1, 0.15) is 0 Å². The molecule has 0 bridgehead atoms. The van der Waals surface area contributed by atoms with Gasteiger partial charge in [0.05, 0.1) is 6.42 Å². The molecule has 2 aromatic carbocycles. The van der Waals surface area contributed by atoms with Gasteiger partial charge in [0, 0.05) is 44.3 Å². The van der Waals surface area contributed by atoms with Crippen LogP contribution in [0.25, 0.3) is 0 Å². The predicted octanol–water partition coefficient (Wildman–Crippen LogP) is 2.75. The second-order valence-corrected chi connectivity index (χ2v) is 7.77. The zero-order valence-electron chi connectivity index (χ0n) is 16.1. The number of likely N-dealkylation sites (tertiary alicyclic amines) is 1. The molecule has 5 nitrogen and oxygen atoms in total. The summed E-state index contributed by atoms with van der Waals surface area (Å²) in [7, 11) is 0. The van der Waals surface area contributed by atoms with Crippen LogP contribution in [0.2, 0.25) is 0 Å². The van der Waals surface area contributed by atoms with E-state index in [1.54, 1.807) is 0 Å². The number of nitrogens with one attached hydrogen (secondary N) is 1. The van der Waals surface area contributed by atoms with Gasteiger partial charge in [-0.3, -0.25) is 14.5 Å². The summed E-state index contributed by atoms with van der Waals surface area (Å²) in [5.41, 5.74) is 3.22. The Balaban J connectivity index is 1.25. The highest BCUT2D eigenvalue weighted by molar-refractivity contribution is 5.95. The minimum atomic E-state index is 0.0663. The van der Waals surface area contributed by atoms with Gasteiger partial charge in [-0.15, -0.1) is 0 Å². The average Bonchev–Trinajstić information content (AvgIpc) is 3.32. The zero-order valence-corrected chi connectivity index (χ0v) is 16.1. The molecule has 0 aromatic heterocycles. The Morgan fingerprint density at radius 3 is 2.50 bits per heavy atom. The van der Waals surface area contributed by atoms with Crippen molar-refractivity contribution in [1.29, 1.82) is 0 Å². The second kappa shape index (κ2) is 8.57. The molecule has 4 rings (SSSR count). The number of anilines is 1. The van der Waals surface area contributed by atoms with Crippen LogP contribution in [0.5, 0.6) is 0 Å². The van der Waals surface area contributed by atoms with Gasteiger partial charge in [-0.2, -0.15) is 0 Å². The Labute approximate surface area is 166 Å². The van der Waals surface area contributed by atoms with Crippen molar-refractivity contribution in [2.75, 3.05) is 24.5 Å². The largest absolute Gasteiger partial charge is 0.352 e. The van der Waals surface area contributed by atoms with E-state index < -0.39 is 0 Å². The monoisotopic (exact) mass is 377 g/mol. The molecule has 0 aliphatic carbocycles. The summed E-state index contributed by atoms with van der Waals surface area (Å²) in [6.45, 7) is 3.64. The van der Waals surface area contributed by atoms with Crippen LogP contribution in [0, 0.1) is 0 Å². The molecule has 146 valence electrons. The van der Waals surface area contributed by atoms with E-state index in [1.807, 2.05) is 35.2 Å². The minimum absolute atomic E-state index is 0.0663. The van der Waals surface area contributed by atoms with Gasteiger partial charge in [0.15, 0.2) is 0 Å². The van der Waals surface area contributed by atoms with Gasteiger partial charge < -0.3 is 10.2 Å². The quantitative estimate of drug-likeness (QED) is 0.842. The molecule has 2 heterocycles. The fraction of sp³-hybridized carbons (Fsp3) is 0.391. The molecule has 0 radical (unpaired) electrons. The Morgan fingerprint density at radius 1 is 1.00 bits per heavy atom. The molecule has 2 aromatic rings. The van der Waals surface area contributed by atoms with E-state index in [0.717, 1.165) is 50.3 Å². The molecule has 28 heavy (non-hydrogen) atoms. The maximum absolute atomic E-state index is 12.4. The molecule has 2 amide bonds. The third-order valence-corrected chi connectivity index (χ3v) is 5.57. The highest BCUT2D eigenvalue weighted by Crippen LogP contribution is 2.22. The maximum atomic E-state index is 12.4. The summed E-state index contributed by atoms with van der Waals surface area (Å²) >= 11 is 0. The summed E-state index contributed by atoms with van der Waals surface area (Å²) in [5.74, 6) is 0.253. The van der Waals surface area contributed by atoms with Crippen LogP contribution in [-0.4, -0.2) is 42.4 Å². The third kappa shape index (κ3) is 4.60. The summed E-state index contributed by atoms with van der Waals surface area (Å²) < 4.78 is 0. The molecule has 2 aliphatic heterocycles. The van der Waals surface area contributed by atoms with Gasteiger partial charge in [-0.25, -0.2) is 0 Å². The lowest BCUT2D eigenvalue weighted by molar-refractivity contribution is -0.121. The SMILES string of the molecule is O=C(Cc1ccc(N2CCCC2=O)cc1)N[C@@H]1CCN(Cc2ccccc2)C1. The summed E-state index contributed by atoms with van der Waals surface area (Å²) in [6, 6.07) is 18.5. The first-order valence-corrected chi connectivity index (χ1v) is 10.1. The topological polar surface area (TPSA) is 52.7 Å². The number of hydrogen-bond donors (Lipinski definition) is 1. The van der Waals surface area contributed by atoms with Crippen molar-refractivity contribution in [2.45, 2.75) is 38.3 Å². The number of benzene rings is 2. The van der Waals surface area contributed by atoms with Crippen LogP contribution in [0.3, 0.4) is 0 Å². The Morgan fingerprint density at radius 2 is 1.79 bits per heavy atom. The number of nitrogens with zero attached hydrogens (tertiary/aromatic N) is 2. The number of carbonyl (C=O) groups excluding carboxylic acids is 2. The molecule has 5 heteroatoms. The first kappa shape index (κ1) is 18.7. The molecule has 0 unspecified atom stereocenters. The molecule has 2 aliphatic rings. The van der Waals surface area contributed by atoms with E-state index in [-0.39, 0.29) is 17.9 Å². The number of rotatable bonds is 6. The van der Waals surface area contributed by atoms with Crippen LogP contribution in [-0.2, 0) is 22.6 Å². The van der Waals surface area contributed by atoms with E-state index in [9.17, 15) is 9.59 Å². The number of hydrogen-bond acceptors (Lipinski definition) is 3. The smallest absolute Gasteiger partial charge is 0.227 e. The summed E-state index contributed by atoms with van der Waals surface area (Å²) in [5, 5.41) is 3.17. The van der Waals surface area contributed by atoms with E-state index in [4.69, 9.17) is 0 Å². The lowest BCUT2D eigenvalue weighted by Crippen LogP contribution is -2.37. The normalized spacial score (nSPS) is 19.9. The van der Waals surface area contributed by atoms with Gasteiger partial charge in [0.2, 0.25) is 11.8 Å². The van der Waals surface area contributed by atoms with E-state index in [1.165, 1.54) is 5.56 Å². The van der Waals surface area contributed by atoms with Gasteiger partial charge >= 0.3 is 0 Å². The van der Waals surface area contributed by atoms with Crippen molar-refractivity contribution >= 4 is 17.5 Å². The fourth-order valence-electron chi connectivity index (χ4n) is 4.11. The van der Waals surface area contributed by atoms with Crippen molar-refractivity contribution in [3.05, 3.63) is 65.7 Å². The van der Waals surface area contributed by atoms with Crippen LogP contribution >= 0.6 is 0 Å². The van der Waals surface area contributed by atoms with Crippen LogP contribution in [0.1, 0.15) is 30.4 Å². The molecule has 1 atom stereocenters. The van der Waals surface area contributed by atoms with Crippen LogP contribution in [0.4, 0.5) is 5.69 Å². The molecule has 2 saturated heterocycles. The minimum Gasteiger partial charge on any atom is -0.352 e. The molecular formula is C23H27N3O2. The molecule has 0 spiro atoms. The molecular weight excluding hydrogens is 350 g/mol. The third-order valence-electron chi connectivity index (χ3n) is 5.57. The molecule has 2 fully saturated rings. The van der Waals surface area contributed by atoms with Crippen LogP contribution in [0.15, 0.2) is 54.6 Å². The Kier molecular flexibility index (Phi) is 5.72. The first-order chi connectivity index (χ1) is 13.7. The predicted molar refractivity (Wildman–Crippen MR) is 110 cm³/mol. The molecule has 1 N–H and O–H groups in total. The second-order valence-electron chi connectivity index (χ2n) is 7.77. The fourth-order valence-corrected chi connectivity index (χ4v) is 4.11. The van der Waals surface area contributed by atoms with Crippen molar-refractivity contribution in [1.82, 2.24) is 10.2 Å². The Bertz CT molecular complexity index is 820. The van der Waals surface area contributed by atoms with Crippen molar-refractivity contribution in [3.8, 4) is 0 Å². The lowest BCUT2D eigenvalue weighted by Gasteiger charge is -2.17. The highest BCUT2D eigenvalue weighted by atomic mass is 16.2. The van der Waals surface area contributed by atoms with E-state index in [0.29, 0.717) is 12.8 Å². The number of amides is 2. The number of carbonyl (C=O) groups is 2. The van der Waals surface area contributed by atoms with E-state index in [2.05, 4.69) is 34.5 Å². The van der Waals surface area contributed by atoms with Crippen molar-refractivity contribution < 1.29 is 9.59 Å². The standard InChI is InChI=1S/C23H27N3O2/c27-22(15-18-8-10-21(11-9-18)26-13-4-7-23(26)28)24-20-12-14-25(17-20)16-19-5-2-1-3-6-19/h1-3,5-6,8-11,20H,4,7,12-17H2,(H,24,27)/t20-/m1/s1. The van der Waals surface area contributed by atoms with E-state index >= 15 is 0 Å². The van der Waals surface area contributed by atoms with Crippen LogP contribution < -0.4 is 10.2 Å². The average molecular weight is 377 g/mol. The Hall–Kier alpha value is -2.66. The van der Waals surface area contributed by atoms with Crippen molar-refractivity contribution in [2.24, 2.45) is 0 Å². The molecule has 0 saturated carbocycles. The highest BCUT2D eigenvalue weighted by Gasteiger charge is 2.24.